The molecule has 0 aliphatic heterocycles. The van der Waals surface area contributed by atoms with Gasteiger partial charge in [0.15, 0.2) is 0 Å². The minimum atomic E-state index is -0.128. The smallest absolute Gasteiger partial charge is 0.266 e. The highest BCUT2D eigenvalue weighted by Crippen LogP contribution is 2.07. The van der Waals surface area contributed by atoms with Gasteiger partial charge < -0.3 is 10.3 Å². The van der Waals surface area contributed by atoms with Crippen molar-refractivity contribution in [3.63, 3.8) is 0 Å². The van der Waals surface area contributed by atoms with Gasteiger partial charge in [-0.2, -0.15) is 5.10 Å². The zero-order chi connectivity index (χ0) is 11.4. The van der Waals surface area contributed by atoms with Gasteiger partial charge in [0.1, 0.15) is 9.39 Å². The molecule has 0 saturated heterocycles. The fraction of sp³-hybridized carbons (Fsp3) is 0.222. The molecule has 6 nitrogen and oxygen atoms in total. The lowest BCUT2D eigenvalue weighted by Crippen LogP contribution is -2.17. The molecule has 84 valence electrons. The molecule has 0 unspecified atom stereocenters. The number of H-pyrrole nitrogens is 1. The van der Waals surface area contributed by atoms with Crippen molar-refractivity contribution in [3.8, 4) is 0 Å². The standard InChI is InChI=1S/C9H10IN5O/c10-7-8(12-6-13-9(7)16)11-3-5-15-4-1-2-14-15/h1-2,4,6H,3,5H2,(H2,11,12,13,16). The molecular weight excluding hydrogens is 321 g/mol. The highest BCUT2D eigenvalue weighted by Gasteiger charge is 2.03. The van der Waals surface area contributed by atoms with E-state index in [1.54, 1.807) is 6.20 Å². The van der Waals surface area contributed by atoms with Gasteiger partial charge in [-0.15, -0.1) is 0 Å². The quantitative estimate of drug-likeness (QED) is 0.808. The van der Waals surface area contributed by atoms with Crippen LogP contribution in [0, 0.1) is 3.57 Å². The number of hydrogen-bond donors (Lipinski definition) is 2. The van der Waals surface area contributed by atoms with Gasteiger partial charge in [0.25, 0.3) is 5.56 Å². The molecule has 0 bridgehead atoms. The van der Waals surface area contributed by atoms with Gasteiger partial charge in [0.2, 0.25) is 0 Å². The van der Waals surface area contributed by atoms with E-state index in [1.807, 2.05) is 39.5 Å². The van der Waals surface area contributed by atoms with Gasteiger partial charge >= 0.3 is 0 Å². The van der Waals surface area contributed by atoms with E-state index in [-0.39, 0.29) is 5.56 Å². The molecule has 0 aliphatic rings. The lowest BCUT2D eigenvalue weighted by Gasteiger charge is -2.06. The summed E-state index contributed by atoms with van der Waals surface area (Å²) >= 11 is 1.97. The summed E-state index contributed by atoms with van der Waals surface area (Å²) in [5, 5.41) is 7.17. The van der Waals surface area contributed by atoms with Crippen LogP contribution >= 0.6 is 22.6 Å². The minimum absolute atomic E-state index is 0.128. The first-order chi connectivity index (χ1) is 7.77. The predicted molar refractivity (Wildman–Crippen MR) is 68.3 cm³/mol. The SMILES string of the molecule is O=c1[nH]cnc(NCCn2cccn2)c1I. The average Bonchev–Trinajstić information content (AvgIpc) is 2.77. The first-order valence-electron chi connectivity index (χ1n) is 4.72. The maximum atomic E-state index is 11.3. The number of nitrogens with one attached hydrogen (secondary N) is 2. The van der Waals surface area contributed by atoms with E-state index in [2.05, 4.69) is 20.4 Å². The highest BCUT2D eigenvalue weighted by atomic mass is 127. The highest BCUT2D eigenvalue weighted by molar-refractivity contribution is 14.1. The van der Waals surface area contributed by atoms with Crippen LogP contribution in [0.2, 0.25) is 0 Å². The van der Waals surface area contributed by atoms with E-state index >= 15 is 0 Å². The van der Waals surface area contributed by atoms with Crippen molar-refractivity contribution < 1.29 is 0 Å². The fourth-order valence-electron chi connectivity index (χ4n) is 1.23. The lowest BCUT2D eigenvalue weighted by atomic mass is 10.5. The zero-order valence-electron chi connectivity index (χ0n) is 8.35. The molecule has 7 heteroatoms. The summed E-state index contributed by atoms with van der Waals surface area (Å²) in [4.78, 5) is 17.8. The maximum absolute atomic E-state index is 11.3. The first-order valence-corrected chi connectivity index (χ1v) is 5.80. The second-order valence-electron chi connectivity index (χ2n) is 3.09. The summed E-state index contributed by atoms with van der Waals surface area (Å²) in [6.07, 6.45) is 5.01. The first kappa shape index (κ1) is 11.1. The second-order valence-corrected chi connectivity index (χ2v) is 4.17. The van der Waals surface area contributed by atoms with Crippen molar-refractivity contribution in [3.05, 3.63) is 38.7 Å². The summed E-state index contributed by atoms with van der Waals surface area (Å²) in [7, 11) is 0. The average molecular weight is 331 g/mol. The Hall–Kier alpha value is -1.38. The van der Waals surface area contributed by atoms with Crippen molar-refractivity contribution in [2.24, 2.45) is 0 Å². The molecule has 0 amide bonds. The molecule has 2 heterocycles. The Kier molecular flexibility index (Phi) is 3.54. The van der Waals surface area contributed by atoms with E-state index in [0.717, 1.165) is 6.54 Å². The van der Waals surface area contributed by atoms with Gasteiger partial charge in [-0.1, -0.05) is 0 Å². The molecule has 0 aromatic carbocycles. The number of halogens is 1. The molecule has 0 aliphatic carbocycles. The molecule has 0 atom stereocenters. The Labute approximate surface area is 105 Å². The summed E-state index contributed by atoms with van der Waals surface area (Å²) < 4.78 is 2.38. The van der Waals surface area contributed by atoms with E-state index in [1.165, 1.54) is 6.33 Å². The summed E-state index contributed by atoms with van der Waals surface area (Å²) in [5.41, 5.74) is -0.128. The third kappa shape index (κ3) is 2.60. The Morgan fingerprint density at radius 1 is 1.56 bits per heavy atom. The van der Waals surface area contributed by atoms with E-state index in [4.69, 9.17) is 0 Å². The van der Waals surface area contributed by atoms with Crippen LogP contribution in [-0.2, 0) is 6.54 Å². The predicted octanol–water partition coefficient (Wildman–Crippen LogP) is 0.683. The summed E-state index contributed by atoms with van der Waals surface area (Å²) in [5.74, 6) is 0.608. The van der Waals surface area contributed by atoms with Crippen molar-refractivity contribution in [2.45, 2.75) is 6.54 Å². The minimum Gasteiger partial charge on any atom is -0.367 e. The molecule has 0 saturated carbocycles. The van der Waals surface area contributed by atoms with Crippen LogP contribution in [0.1, 0.15) is 0 Å². The third-order valence-corrected chi connectivity index (χ3v) is 2.99. The zero-order valence-corrected chi connectivity index (χ0v) is 10.5. The number of aromatic nitrogens is 4. The molecule has 0 spiro atoms. The molecule has 2 aromatic heterocycles. The van der Waals surface area contributed by atoms with Crippen LogP contribution in [0.25, 0.3) is 0 Å². The van der Waals surface area contributed by atoms with E-state index in [0.29, 0.717) is 15.9 Å². The van der Waals surface area contributed by atoms with Crippen molar-refractivity contribution in [2.75, 3.05) is 11.9 Å². The Morgan fingerprint density at radius 3 is 3.19 bits per heavy atom. The van der Waals surface area contributed by atoms with Gasteiger partial charge in [0, 0.05) is 18.9 Å². The molecule has 2 rings (SSSR count). The molecule has 0 fully saturated rings. The van der Waals surface area contributed by atoms with Crippen LogP contribution in [0.5, 0.6) is 0 Å². The van der Waals surface area contributed by atoms with Gasteiger partial charge in [-0.3, -0.25) is 9.48 Å². The molecule has 2 aromatic rings. The van der Waals surface area contributed by atoms with Crippen molar-refractivity contribution >= 4 is 28.4 Å². The molecule has 16 heavy (non-hydrogen) atoms. The number of hydrogen-bond acceptors (Lipinski definition) is 4. The summed E-state index contributed by atoms with van der Waals surface area (Å²) in [6, 6.07) is 1.87. The number of rotatable bonds is 4. The molecular formula is C9H10IN5O. The largest absolute Gasteiger partial charge is 0.367 e. The number of anilines is 1. The normalized spacial score (nSPS) is 10.3. The van der Waals surface area contributed by atoms with E-state index in [9.17, 15) is 4.79 Å². The van der Waals surface area contributed by atoms with Crippen molar-refractivity contribution in [1.29, 1.82) is 0 Å². The third-order valence-electron chi connectivity index (χ3n) is 1.99. The molecule has 2 N–H and O–H groups in total. The van der Waals surface area contributed by atoms with Crippen LogP contribution in [0.3, 0.4) is 0 Å². The Morgan fingerprint density at radius 2 is 2.44 bits per heavy atom. The van der Waals surface area contributed by atoms with Gasteiger partial charge in [0.05, 0.1) is 12.9 Å². The monoisotopic (exact) mass is 331 g/mol. The van der Waals surface area contributed by atoms with E-state index < -0.39 is 0 Å². The van der Waals surface area contributed by atoms with Crippen LogP contribution in [0.4, 0.5) is 5.82 Å². The van der Waals surface area contributed by atoms with Crippen LogP contribution in [-0.4, -0.2) is 26.3 Å². The van der Waals surface area contributed by atoms with Gasteiger partial charge in [-0.05, 0) is 28.7 Å². The van der Waals surface area contributed by atoms with Crippen LogP contribution < -0.4 is 10.9 Å². The fourth-order valence-corrected chi connectivity index (χ4v) is 1.71. The molecule has 0 radical (unpaired) electrons. The summed E-state index contributed by atoms with van der Waals surface area (Å²) in [6.45, 7) is 1.41. The van der Waals surface area contributed by atoms with Crippen molar-refractivity contribution in [1.82, 2.24) is 19.7 Å². The number of nitrogens with zero attached hydrogens (tertiary/aromatic N) is 3. The number of aromatic amines is 1. The maximum Gasteiger partial charge on any atom is 0.266 e. The Balaban J connectivity index is 1.95. The van der Waals surface area contributed by atoms with Crippen LogP contribution in [0.15, 0.2) is 29.6 Å². The lowest BCUT2D eigenvalue weighted by molar-refractivity contribution is 0.636. The Bertz CT molecular complexity index is 507. The topological polar surface area (TPSA) is 75.6 Å². The van der Waals surface area contributed by atoms with Gasteiger partial charge in [-0.25, -0.2) is 4.98 Å². The second kappa shape index (κ2) is 5.10.